The van der Waals surface area contributed by atoms with E-state index in [0.29, 0.717) is 6.54 Å². The number of ether oxygens (including phenoxy) is 1. The van der Waals surface area contributed by atoms with Gasteiger partial charge in [0.15, 0.2) is 0 Å². The van der Waals surface area contributed by atoms with E-state index in [1.807, 2.05) is 38.1 Å². The van der Waals surface area contributed by atoms with Crippen molar-refractivity contribution in [3.63, 3.8) is 0 Å². The van der Waals surface area contributed by atoms with Crippen LogP contribution in [0.2, 0.25) is 0 Å². The minimum Gasteiger partial charge on any atom is -0.497 e. The van der Waals surface area contributed by atoms with Crippen LogP contribution in [0.15, 0.2) is 24.3 Å². The van der Waals surface area contributed by atoms with Crippen molar-refractivity contribution >= 4 is 5.97 Å². The molecule has 0 aromatic heterocycles. The van der Waals surface area contributed by atoms with Crippen molar-refractivity contribution in [3.8, 4) is 5.75 Å². The highest BCUT2D eigenvalue weighted by molar-refractivity contribution is 5.74. The number of likely N-dealkylation sites (tertiary alicyclic amines) is 1. The maximum Gasteiger partial charge on any atom is 0.321 e. The summed E-state index contributed by atoms with van der Waals surface area (Å²) in [6, 6.07) is 7.41. The van der Waals surface area contributed by atoms with Crippen molar-refractivity contribution in [2.75, 3.05) is 13.7 Å². The molecular formula is C16H23NO3. The smallest absolute Gasteiger partial charge is 0.321 e. The molecule has 1 fully saturated rings. The van der Waals surface area contributed by atoms with Gasteiger partial charge < -0.3 is 9.84 Å². The Morgan fingerprint density at radius 2 is 2.05 bits per heavy atom. The van der Waals surface area contributed by atoms with Gasteiger partial charge >= 0.3 is 5.97 Å². The van der Waals surface area contributed by atoms with Gasteiger partial charge in [-0.3, -0.25) is 9.69 Å². The van der Waals surface area contributed by atoms with Gasteiger partial charge in [-0.05, 0) is 42.5 Å². The molecule has 2 rings (SSSR count). The highest BCUT2D eigenvalue weighted by atomic mass is 16.5. The number of rotatable bonds is 4. The van der Waals surface area contributed by atoms with E-state index < -0.39 is 12.0 Å². The van der Waals surface area contributed by atoms with Crippen LogP contribution in [0.1, 0.15) is 32.3 Å². The average Bonchev–Trinajstić information content (AvgIpc) is 2.38. The molecule has 0 aliphatic carbocycles. The topological polar surface area (TPSA) is 49.8 Å². The van der Waals surface area contributed by atoms with Gasteiger partial charge in [-0.1, -0.05) is 26.0 Å². The van der Waals surface area contributed by atoms with Gasteiger partial charge in [0.1, 0.15) is 11.8 Å². The van der Waals surface area contributed by atoms with E-state index in [4.69, 9.17) is 4.74 Å². The van der Waals surface area contributed by atoms with E-state index in [-0.39, 0.29) is 5.41 Å². The SMILES string of the molecule is COc1ccc(CN2CCCC(C)(C)C2C(=O)O)cc1. The predicted molar refractivity (Wildman–Crippen MR) is 77.8 cm³/mol. The molecule has 4 heteroatoms. The Morgan fingerprint density at radius 1 is 1.40 bits per heavy atom. The molecule has 1 unspecified atom stereocenters. The Morgan fingerprint density at radius 3 is 2.60 bits per heavy atom. The number of hydrogen-bond acceptors (Lipinski definition) is 3. The van der Waals surface area contributed by atoms with Crippen LogP contribution in [-0.4, -0.2) is 35.7 Å². The molecule has 0 bridgehead atoms. The summed E-state index contributed by atoms with van der Waals surface area (Å²) in [5, 5.41) is 9.54. The Bertz CT molecular complexity index is 467. The van der Waals surface area contributed by atoms with E-state index in [0.717, 1.165) is 30.7 Å². The minimum absolute atomic E-state index is 0.184. The summed E-state index contributed by atoms with van der Waals surface area (Å²) in [7, 11) is 1.64. The Balaban J connectivity index is 2.15. The first kappa shape index (κ1) is 14.9. The number of benzene rings is 1. The van der Waals surface area contributed by atoms with Crippen LogP contribution >= 0.6 is 0 Å². The molecule has 1 N–H and O–H groups in total. The second-order valence-electron chi connectivity index (χ2n) is 6.15. The molecule has 0 radical (unpaired) electrons. The Labute approximate surface area is 120 Å². The molecule has 1 aliphatic rings. The van der Waals surface area contributed by atoms with Crippen molar-refractivity contribution in [2.24, 2.45) is 5.41 Å². The predicted octanol–water partition coefficient (Wildman–Crippen LogP) is 2.77. The second kappa shape index (κ2) is 5.83. The number of carboxylic acid groups (broad SMARTS) is 1. The molecule has 0 amide bonds. The highest BCUT2D eigenvalue weighted by Crippen LogP contribution is 2.36. The van der Waals surface area contributed by atoms with Gasteiger partial charge in [-0.15, -0.1) is 0 Å². The molecule has 0 spiro atoms. The third kappa shape index (κ3) is 3.12. The van der Waals surface area contributed by atoms with E-state index in [9.17, 15) is 9.90 Å². The Hall–Kier alpha value is -1.55. The fourth-order valence-electron chi connectivity index (χ4n) is 3.12. The second-order valence-corrected chi connectivity index (χ2v) is 6.15. The standard InChI is InChI=1S/C16H23NO3/c1-16(2)9-4-10-17(14(16)15(18)19)11-12-5-7-13(20-3)8-6-12/h5-8,14H,4,9-11H2,1-3H3,(H,18,19). The van der Waals surface area contributed by atoms with Crippen LogP contribution in [0.4, 0.5) is 0 Å². The maximum absolute atomic E-state index is 11.6. The number of nitrogens with zero attached hydrogens (tertiary/aromatic N) is 1. The van der Waals surface area contributed by atoms with Crippen molar-refractivity contribution in [1.29, 1.82) is 0 Å². The van der Waals surface area contributed by atoms with Crippen molar-refractivity contribution in [2.45, 2.75) is 39.3 Å². The van der Waals surface area contributed by atoms with E-state index in [2.05, 4.69) is 4.90 Å². The fraction of sp³-hybridized carbons (Fsp3) is 0.562. The van der Waals surface area contributed by atoms with E-state index >= 15 is 0 Å². The first-order valence-corrected chi connectivity index (χ1v) is 7.04. The molecular weight excluding hydrogens is 254 g/mol. The zero-order valence-corrected chi connectivity index (χ0v) is 12.4. The molecule has 4 nitrogen and oxygen atoms in total. The monoisotopic (exact) mass is 277 g/mol. The number of carboxylic acids is 1. The first-order chi connectivity index (χ1) is 9.44. The van der Waals surface area contributed by atoms with E-state index in [1.165, 1.54) is 0 Å². The normalized spacial score (nSPS) is 22.4. The van der Waals surface area contributed by atoms with Crippen LogP contribution in [0, 0.1) is 5.41 Å². The molecule has 1 aliphatic heterocycles. The zero-order chi connectivity index (χ0) is 14.8. The maximum atomic E-state index is 11.6. The highest BCUT2D eigenvalue weighted by Gasteiger charge is 2.42. The van der Waals surface area contributed by atoms with Crippen LogP contribution in [-0.2, 0) is 11.3 Å². The molecule has 20 heavy (non-hydrogen) atoms. The first-order valence-electron chi connectivity index (χ1n) is 7.04. The van der Waals surface area contributed by atoms with Crippen LogP contribution < -0.4 is 4.74 Å². The number of aliphatic carboxylic acids is 1. The molecule has 1 aromatic rings. The van der Waals surface area contributed by atoms with Gasteiger partial charge in [-0.25, -0.2) is 0 Å². The molecule has 110 valence electrons. The third-order valence-corrected chi connectivity index (χ3v) is 4.15. The number of hydrogen-bond donors (Lipinski definition) is 1. The summed E-state index contributed by atoms with van der Waals surface area (Å²) in [5.74, 6) is 0.103. The molecule has 1 atom stereocenters. The van der Waals surface area contributed by atoms with Gasteiger partial charge in [-0.2, -0.15) is 0 Å². The molecule has 1 aromatic carbocycles. The minimum atomic E-state index is -0.719. The lowest BCUT2D eigenvalue weighted by Crippen LogP contribution is -2.53. The summed E-state index contributed by atoms with van der Waals surface area (Å²) >= 11 is 0. The lowest BCUT2D eigenvalue weighted by molar-refractivity contribution is -0.151. The van der Waals surface area contributed by atoms with E-state index in [1.54, 1.807) is 7.11 Å². The van der Waals surface area contributed by atoms with Crippen molar-refractivity contribution in [1.82, 2.24) is 4.90 Å². The fourth-order valence-corrected chi connectivity index (χ4v) is 3.12. The number of piperidine rings is 1. The Kier molecular flexibility index (Phi) is 4.33. The third-order valence-electron chi connectivity index (χ3n) is 4.15. The van der Waals surface area contributed by atoms with Gasteiger partial charge in [0.2, 0.25) is 0 Å². The van der Waals surface area contributed by atoms with Gasteiger partial charge in [0.25, 0.3) is 0 Å². The molecule has 1 saturated heterocycles. The zero-order valence-electron chi connectivity index (χ0n) is 12.4. The number of methoxy groups -OCH3 is 1. The van der Waals surface area contributed by atoms with Crippen molar-refractivity contribution < 1.29 is 14.6 Å². The van der Waals surface area contributed by atoms with Crippen LogP contribution in [0.25, 0.3) is 0 Å². The summed E-state index contributed by atoms with van der Waals surface area (Å²) in [4.78, 5) is 13.7. The molecule has 0 saturated carbocycles. The largest absolute Gasteiger partial charge is 0.497 e. The number of carbonyl (C=O) groups is 1. The summed E-state index contributed by atoms with van der Waals surface area (Å²) in [5.41, 5.74) is 0.936. The van der Waals surface area contributed by atoms with Crippen LogP contribution in [0.3, 0.4) is 0 Å². The van der Waals surface area contributed by atoms with Gasteiger partial charge in [0, 0.05) is 6.54 Å². The molecule has 1 heterocycles. The lowest BCUT2D eigenvalue weighted by Gasteiger charge is -2.44. The average molecular weight is 277 g/mol. The lowest BCUT2D eigenvalue weighted by atomic mass is 9.76. The quantitative estimate of drug-likeness (QED) is 0.919. The van der Waals surface area contributed by atoms with Gasteiger partial charge in [0.05, 0.1) is 7.11 Å². The van der Waals surface area contributed by atoms with Crippen molar-refractivity contribution in [3.05, 3.63) is 29.8 Å². The summed E-state index contributed by atoms with van der Waals surface area (Å²) < 4.78 is 5.14. The van der Waals surface area contributed by atoms with Crippen LogP contribution in [0.5, 0.6) is 5.75 Å². The summed E-state index contributed by atoms with van der Waals surface area (Å²) in [6.07, 6.45) is 2.01. The summed E-state index contributed by atoms with van der Waals surface area (Å²) in [6.45, 7) is 5.61.